The number of hydrogen-bond acceptors (Lipinski definition) is 6. The molecule has 0 bridgehead atoms. The number of esters is 1. The molecule has 29 heavy (non-hydrogen) atoms. The Morgan fingerprint density at radius 3 is 2.79 bits per heavy atom. The fourth-order valence-electron chi connectivity index (χ4n) is 3.85. The summed E-state index contributed by atoms with van der Waals surface area (Å²) in [6, 6.07) is 13.9. The second-order valence-electron chi connectivity index (χ2n) is 7.15. The third kappa shape index (κ3) is 3.81. The van der Waals surface area contributed by atoms with Gasteiger partial charge in [-0.15, -0.1) is 0 Å². The minimum Gasteiger partial charge on any atom is -0.508 e. The molecule has 2 atom stereocenters. The molecule has 0 saturated heterocycles. The van der Waals surface area contributed by atoms with Crippen LogP contribution in [-0.4, -0.2) is 41.0 Å². The van der Waals surface area contributed by atoms with Gasteiger partial charge in [0.2, 0.25) is 11.9 Å². The minimum atomic E-state index is -1.10. The molecule has 7 nitrogen and oxygen atoms in total. The summed E-state index contributed by atoms with van der Waals surface area (Å²) in [6.45, 7) is 3.22. The van der Waals surface area contributed by atoms with Gasteiger partial charge >= 0.3 is 5.97 Å². The van der Waals surface area contributed by atoms with Crippen molar-refractivity contribution in [2.75, 3.05) is 13.2 Å². The summed E-state index contributed by atoms with van der Waals surface area (Å²) in [4.78, 5) is 32.1. The highest BCUT2D eigenvalue weighted by atomic mass is 16.5. The number of nitrogens with one attached hydrogen (secondary N) is 1. The van der Waals surface area contributed by atoms with E-state index in [2.05, 4.69) is 17.4 Å². The maximum absolute atomic E-state index is 12.9. The number of phenols is 1. The van der Waals surface area contributed by atoms with Crippen molar-refractivity contribution in [1.82, 2.24) is 10.2 Å². The molecular formula is C22H23N3O4. The Morgan fingerprint density at radius 2 is 2.03 bits per heavy atom. The van der Waals surface area contributed by atoms with Gasteiger partial charge < -0.3 is 14.7 Å². The average molecular weight is 393 g/mol. The zero-order chi connectivity index (χ0) is 20.4. The lowest BCUT2D eigenvalue weighted by Crippen LogP contribution is -2.53. The number of rotatable bonds is 3. The van der Waals surface area contributed by atoms with Crippen LogP contribution >= 0.6 is 0 Å². The summed E-state index contributed by atoms with van der Waals surface area (Å²) < 4.78 is 5.12. The monoisotopic (exact) mass is 393 g/mol. The number of aliphatic imine (C=N–C) groups is 1. The molecule has 2 aliphatic rings. The van der Waals surface area contributed by atoms with Crippen LogP contribution < -0.4 is 5.32 Å². The van der Waals surface area contributed by atoms with Gasteiger partial charge in [-0.1, -0.05) is 36.4 Å². The minimum absolute atomic E-state index is 0.0553. The Balaban J connectivity index is 1.69. The number of amides is 1. The molecule has 4 rings (SSSR count). The summed E-state index contributed by atoms with van der Waals surface area (Å²) in [5.41, 5.74) is 3.07. The number of guanidine groups is 1. The van der Waals surface area contributed by atoms with Gasteiger partial charge in [0.05, 0.1) is 6.61 Å². The SMILES string of the molecule is CCOC(=O)[C@H]1C(=O)NC(N2CCc3ccccc3C2)=N[C@@H]1c1cccc(O)c1. The predicted octanol–water partition coefficient (Wildman–Crippen LogP) is 2.16. The molecule has 2 N–H and O–H groups in total. The molecule has 1 amide bonds. The van der Waals surface area contributed by atoms with Crippen LogP contribution in [0.5, 0.6) is 5.75 Å². The first-order chi connectivity index (χ1) is 14.1. The standard InChI is InChI=1S/C22H23N3O4/c1-2-29-21(28)18-19(15-8-5-9-17(26)12-15)23-22(24-20(18)27)25-11-10-14-6-3-4-7-16(14)13-25/h3-9,12,18-19,26H,2,10-11,13H2,1H3,(H,23,24,27)/t18-,19-/m1/s1. The number of fused-ring (bicyclic) bond motifs is 1. The van der Waals surface area contributed by atoms with Gasteiger partial charge in [-0.3, -0.25) is 14.9 Å². The highest BCUT2D eigenvalue weighted by molar-refractivity contribution is 6.08. The molecule has 2 aromatic carbocycles. The first-order valence-electron chi connectivity index (χ1n) is 9.72. The van der Waals surface area contributed by atoms with Crippen molar-refractivity contribution in [3.63, 3.8) is 0 Å². The van der Waals surface area contributed by atoms with Gasteiger partial charge in [-0.2, -0.15) is 0 Å². The van der Waals surface area contributed by atoms with Crippen LogP contribution in [0.4, 0.5) is 0 Å². The van der Waals surface area contributed by atoms with E-state index in [1.807, 2.05) is 17.0 Å². The predicted molar refractivity (Wildman–Crippen MR) is 107 cm³/mol. The van der Waals surface area contributed by atoms with Crippen LogP contribution in [0.1, 0.15) is 29.7 Å². The molecule has 0 saturated carbocycles. The van der Waals surface area contributed by atoms with Gasteiger partial charge in [0.15, 0.2) is 5.92 Å². The normalized spacial score (nSPS) is 21.1. The third-order valence-corrected chi connectivity index (χ3v) is 5.28. The lowest BCUT2D eigenvalue weighted by molar-refractivity contribution is -0.153. The largest absolute Gasteiger partial charge is 0.508 e. The molecule has 0 fully saturated rings. The Hall–Kier alpha value is -3.35. The first-order valence-corrected chi connectivity index (χ1v) is 9.72. The van der Waals surface area contributed by atoms with E-state index < -0.39 is 23.8 Å². The molecule has 150 valence electrons. The van der Waals surface area contributed by atoms with Crippen LogP contribution in [0, 0.1) is 5.92 Å². The molecule has 0 unspecified atom stereocenters. The van der Waals surface area contributed by atoms with Gasteiger partial charge in [-0.05, 0) is 42.2 Å². The lowest BCUT2D eigenvalue weighted by Gasteiger charge is -2.36. The van der Waals surface area contributed by atoms with Crippen LogP contribution in [0.15, 0.2) is 53.5 Å². The highest BCUT2D eigenvalue weighted by Crippen LogP contribution is 2.33. The second kappa shape index (κ2) is 7.95. The molecular weight excluding hydrogens is 370 g/mol. The van der Waals surface area contributed by atoms with Gasteiger partial charge in [-0.25, -0.2) is 4.99 Å². The Morgan fingerprint density at radius 1 is 1.24 bits per heavy atom. The van der Waals surface area contributed by atoms with E-state index in [0.717, 1.165) is 6.42 Å². The number of benzene rings is 2. The summed E-state index contributed by atoms with van der Waals surface area (Å²) in [5, 5.41) is 12.7. The van der Waals surface area contributed by atoms with Crippen LogP contribution in [0.3, 0.4) is 0 Å². The molecule has 0 aliphatic carbocycles. The van der Waals surface area contributed by atoms with Gasteiger partial charge in [0, 0.05) is 13.1 Å². The molecule has 0 aromatic heterocycles. The van der Waals surface area contributed by atoms with Crippen molar-refractivity contribution in [3.8, 4) is 5.75 Å². The Kier molecular flexibility index (Phi) is 5.20. The van der Waals surface area contributed by atoms with Crippen LogP contribution in [0.2, 0.25) is 0 Å². The summed E-state index contributed by atoms with van der Waals surface area (Å²) in [7, 11) is 0. The molecule has 0 radical (unpaired) electrons. The summed E-state index contributed by atoms with van der Waals surface area (Å²) >= 11 is 0. The van der Waals surface area contributed by atoms with E-state index in [1.54, 1.807) is 19.1 Å². The van der Waals surface area contributed by atoms with E-state index >= 15 is 0 Å². The van der Waals surface area contributed by atoms with E-state index in [1.165, 1.54) is 23.3 Å². The van der Waals surface area contributed by atoms with Crippen LogP contribution in [-0.2, 0) is 27.3 Å². The highest BCUT2D eigenvalue weighted by Gasteiger charge is 2.42. The average Bonchev–Trinajstić information content (AvgIpc) is 2.73. The van der Waals surface area contributed by atoms with Crippen molar-refractivity contribution in [2.24, 2.45) is 10.9 Å². The third-order valence-electron chi connectivity index (χ3n) is 5.28. The number of ether oxygens (including phenoxy) is 1. The van der Waals surface area contributed by atoms with Crippen molar-refractivity contribution in [2.45, 2.75) is 25.9 Å². The first kappa shape index (κ1) is 19.0. The van der Waals surface area contributed by atoms with Crippen molar-refractivity contribution in [3.05, 3.63) is 65.2 Å². The number of phenolic OH excluding ortho intramolecular Hbond substituents is 1. The maximum atomic E-state index is 12.9. The number of carbonyl (C=O) groups excluding carboxylic acids is 2. The van der Waals surface area contributed by atoms with E-state index in [0.29, 0.717) is 24.6 Å². The van der Waals surface area contributed by atoms with E-state index in [4.69, 9.17) is 9.73 Å². The number of nitrogens with zero attached hydrogens (tertiary/aromatic N) is 2. The Bertz CT molecular complexity index is 972. The molecule has 2 heterocycles. The zero-order valence-corrected chi connectivity index (χ0v) is 16.2. The number of carbonyl (C=O) groups is 2. The van der Waals surface area contributed by atoms with Crippen molar-refractivity contribution < 1.29 is 19.4 Å². The fourth-order valence-corrected chi connectivity index (χ4v) is 3.85. The maximum Gasteiger partial charge on any atom is 0.321 e. The van der Waals surface area contributed by atoms with Crippen molar-refractivity contribution in [1.29, 1.82) is 0 Å². The topological polar surface area (TPSA) is 91.2 Å². The molecule has 2 aromatic rings. The Labute approximate surface area is 169 Å². The number of hydrogen-bond donors (Lipinski definition) is 2. The summed E-state index contributed by atoms with van der Waals surface area (Å²) in [6.07, 6.45) is 0.850. The fraction of sp³-hybridized carbons (Fsp3) is 0.318. The molecule has 7 heteroatoms. The van der Waals surface area contributed by atoms with Gasteiger partial charge in [0.25, 0.3) is 0 Å². The van der Waals surface area contributed by atoms with E-state index in [9.17, 15) is 14.7 Å². The number of aromatic hydroxyl groups is 1. The summed E-state index contributed by atoms with van der Waals surface area (Å²) in [5.74, 6) is -1.67. The van der Waals surface area contributed by atoms with Crippen molar-refractivity contribution >= 4 is 17.8 Å². The van der Waals surface area contributed by atoms with E-state index in [-0.39, 0.29) is 12.4 Å². The zero-order valence-electron chi connectivity index (χ0n) is 16.2. The van der Waals surface area contributed by atoms with Crippen LogP contribution in [0.25, 0.3) is 0 Å². The quantitative estimate of drug-likeness (QED) is 0.616. The van der Waals surface area contributed by atoms with Gasteiger partial charge in [0.1, 0.15) is 11.8 Å². The molecule has 0 spiro atoms. The smallest absolute Gasteiger partial charge is 0.321 e. The second-order valence-corrected chi connectivity index (χ2v) is 7.15. The molecule has 2 aliphatic heterocycles. The lowest BCUT2D eigenvalue weighted by atomic mass is 9.91.